The van der Waals surface area contributed by atoms with E-state index in [1.54, 1.807) is 0 Å². The molecule has 0 spiro atoms. The molecule has 2 aromatic rings. The lowest BCUT2D eigenvalue weighted by molar-refractivity contribution is 0.0783. The van der Waals surface area contributed by atoms with Crippen LogP contribution in [0.25, 0.3) is 0 Å². The van der Waals surface area contributed by atoms with E-state index in [0.29, 0.717) is 6.07 Å². The second kappa shape index (κ2) is 5.95. The van der Waals surface area contributed by atoms with E-state index in [1.165, 1.54) is 13.1 Å². The molecule has 0 heterocycles. The summed E-state index contributed by atoms with van der Waals surface area (Å²) in [6.07, 6.45) is 0. The number of hydrogen-bond acceptors (Lipinski definition) is 1. The first-order chi connectivity index (χ1) is 9.88. The Hall–Kier alpha value is -2.37. The summed E-state index contributed by atoms with van der Waals surface area (Å²) >= 11 is 0. The van der Waals surface area contributed by atoms with Crippen LogP contribution < -0.4 is 0 Å². The fourth-order valence-electron chi connectivity index (χ4n) is 1.83. The number of nitrogens with zero attached hydrogens (tertiary/aromatic N) is 1. The highest BCUT2D eigenvalue weighted by Crippen LogP contribution is 2.15. The lowest BCUT2D eigenvalue weighted by atomic mass is 10.1. The Balaban J connectivity index is 2.17. The highest BCUT2D eigenvalue weighted by Gasteiger charge is 2.16. The molecule has 0 aromatic heterocycles. The fraction of sp³-hybridized carbons (Fsp3) is 0.133. The molecule has 2 aromatic carbocycles. The molecule has 0 unspecified atom stereocenters. The average Bonchev–Trinajstić information content (AvgIpc) is 2.44. The summed E-state index contributed by atoms with van der Waals surface area (Å²) in [5, 5.41) is 0. The van der Waals surface area contributed by atoms with Crippen LogP contribution >= 0.6 is 0 Å². The molecule has 1 amide bonds. The summed E-state index contributed by atoms with van der Waals surface area (Å²) in [5.74, 6) is -4.29. The minimum Gasteiger partial charge on any atom is -0.337 e. The molecule has 0 N–H and O–H groups in total. The molecule has 0 saturated heterocycles. The first-order valence-electron chi connectivity index (χ1n) is 6.03. The molecule has 2 rings (SSSR count). The van der Waals surface area contributed by atoms with Crippen LogP contribution in [0, 0.1) is 23.3 Å². The molecular weight excluding hydrogens is 286 g/mol. The first kappa shape index (κ1) is 15.0. The smallest absolute Gasteiger partial charge is 0.254 e. The first-order valence-corrected chi connectivity index (χ1v) is 6.03. The van der Waals surface area contributed by atoms with E-state index in [4.69, 9.17) is 0 Å². The summed E-state index contributed by atoms with van der Waals surface area (Å²) in [7, 11) is 1.38. The molecule has 0 bridgehead atoms. The van der Waals surface area contributed by atoms with Crippen LogP contribution in [0.2, 0.25) is 0 Å². The van der Waals surface area contributed by atoms with Crippen molar-refractivity contribution in [2.45, 2.75) is 6.54 Å². The van der Waals surface area contributed by atoms with Gasteiger partial charge in [0.1, 0.15) is 11.6 Å². The SMILES string of the molecule is CN(Cc1ccc(F)cc1F)C(=O)c1ccc(F)c(F)c1. The van der Waals surface area contributed by atoms with Crippen molar-refractivity contribution >= 4 is 5.91 Å². The molecule has 21 heavy (non-hydrogen) atoms. The van der Waals surface area contributed by atoms with Crippen molar-refractivity contribution in [3.63, 3.8) is 0 Å². The Labute approximate surface area is 118 Å². The molecule has 0 atom stereocenters. The third kappa shape index (κ3) is 3.39. The number of benzene rings is 2. The zero-order valence-corrected chi connectivity index (χ0v) is 11.0. The lowest BCUT2D eigenvalue weighted by Crippen LogP contribution is -2.26. The van der Waals surface area contributed by atoms with Gasteiger partial charge in [0.15, 0.2) is 11.6 Å². The Bertz CT molecular complexity index is 687. The molecule has 6 heteroatoms. The zero-order chi connectivity index (χ0) is 15.6. The van der Waals surface area contributed by atoms with Crippen molar-refractivity contribution in [2.24, 2.45) is 0 Å². The van der Waals surface area contributed by atoms with Crippen LogP contribution in [0.3, 0.4) is 0 Å². The van der Waals surface area contributed by atoms with Crippen molar-refractivity contribution < 1.29 is 22.4 Å². The van der Waals surface area contributed by atoms with Gasteiger partial charge in [0.2, 0.25) is 0 Å². The zero-order valence-electron chi connectivity index (χ0n) is 11.0. The fourth-order valence-corrected chi connectivity index (χ4v) is 1.83. The van der Waals surface area contributed by atoms with E-state index >= 15 is 0 Å². The standard InChI is InChI=1S/C15H11F4NO/c1-20(8-10-2-4-11(16)7-13(10)18)15(21)9-3-5-12(17)14(19)6-9/h2-7H,8H2,1H3. The summed E-state index contributed by atoms with van der Waals surface area (Å²) in [4.78, 5) is 13.2. The predicted molar refractivity (Wildman–Crippen MR) is 68.5 cm³/mol. The van der Waals surface area contributed by atoms with Crippen molar-refractivity contribution in [3.8, 4) is 0 Å². The second-order valence-electron chi connectivity index (χ2n) is 4.53. The monoisotopic (exact) mass is 297 g/mol. The van der Waals surface area contributed by atoms with Crippen molar-refractivity contribution in [1.82, 2.24) is 4.90 Å². The number of carbonyl (C=O) groups is 1. The quantitative estimate of drug-likeness (QED) is 0.794. The van der Waals surface area contributed by atoms with Gasteiger partial charge in [-0.2, -0.15) is 0 Å². The second-order valence-corrected chi connectivity index (χ2v) is 4.53. The molecule has 0 aliphatic carbocycles. The van der Waals surface area contributed by atoms with Gasteiger partial charge in [-0.1, -0.05) is 6.07 Å². The van der Waals surface area contributed by atoms with E-state index in [0.717, 1.165) is 29.2 Å². The van der Waals surface area contributed by atoms with E-state index in [1.807, 2.05) is 0 Å². The third-order valence-electron chi connectivity index (χ3n) is 2.94. The molecule has 110 valence electrons. The summed E-state index contributed by atoms with van der Waals surface area (Å²) in [6, 6.07) is 5.77. The molecule has 0 saturated carbocycles. The van der Waals surface area contributed by atoms with E-state index in [9.17, 15) is 22.4 Å². The predicted octanol–water partition coefficient (Wildman–Crippen LogP) is 3.52. The van der Waals surface area contributed by atoms with Crippen molar-refractivity contribution in [1.29, 1.82) is 0 Å². The Morgan fingerprint density at radius 3 is 2.29 bits per heavy atom. The maximum absolute atomic E-state index is 13.5. The van der Waals surface area contributed by atoms with Gasteiger partial charge in [-0.3, -0.25) is 4.79 Å². The van der Waals surface area contributed by atoms with Gasteiger partial charge in [0, 0.05) is 30.8 Å². The van der Waals surface area contributed by atoms with Gasteiger partial charge < -0.3 is 4.90 Å². The molecule has 0 aliphatic rings. The van der Waals surface area contributed by atoms with Gasteiger partial charge in [0.25, 0.3) is 5.91 Å². The van der Waals surface area contributed by atoms with Crippen LogP contribution in [0.15, 0.2) is 36.4 Å². The van der Waals surface area contributed by atoms with Crippen LogP contribution in [-0.4, -0.2) is 17.9 Å². The van der Waals surface area contributed by atoms with E-state index < -0.39 is 29.2 Å². The average molecular weight is 297 g/mol. The van der Waals surface area contributed by atoms with Crippen molar-refractivity contribution in [3.05, 3.63) is 70.8 Å². The number of halogens is 4. The maximum Gasteiger partial charge on any atom is 0.254 e. The molecular formula is C15H11F4NO. The largest absolute Gasteiger partial charge is 0.337 e. The van der Waals surface area contributed by atoms with Gasteiger partial charge in [-0.25, -0.2) is 17.6 Å². The third-order valence-corrected chi connectivity index (χ3v) is 2.94. The normalized spacial score (nSPS) is 10.5. The minimum absolute atomic E-state index is 0.0566. The molecule has 0 radical (unpaired) electrons. The van der Waals surface area contributed by atoms with E-state index in [-0.39, 0.29) is 17.7 Å². The number of rotatable bonds is 3. The maximum atomic E-state index is 13.5. The van der Waals surface area contributed by atoms with Crippen LogP contribution in [0.4, 0.5) is 17.6 Å². The molecule has 2 nitrogen and oxygen atoms in total. The van der Waals surface area contributed by atoms with Crippen LogP contribution in [0.1, 0.15) is 15.9 Å². The minimum atomic E-state index is -1.14. The summed E-state index contributed by atoms with van der Waals surface area (Å²) in [6.45, 7) is -0.121. The highest BCUT2D eigenvalue weighted by molar-refractivity contribution is 5.94. The Kier molecular flexibility index (Phi) is 4.26. The highest BCUT2D eigenvalue weighted by atomic mass is 19.2. The Morgan fingerprint density at radius 1 is 0.952 bits per heavy atom. The summed E-state index contributed by atoms with van der Waals surface area (Å²) < 4.78 is 52.2. The number of hydrogen-bond donors (Lipinski definition) is 0. The van der Waals surface area contributed by atoms with E-state index in [2.05, 4.69) is 0 Å². The van der Waals surface area contributed by atoms with Crippen molar-refractivity contribution in [2.75, 3.05) is 7.05 Å². The number of carbonyl (C=O) groups excluding carboxylic acids is 1. The lowest BCUT2D eigenvalue weighted by Gasteiger charge is -2.18. The summed E-state index contributed by atoms with van der Waals surface area (Å²) in [5.41, 5.74) is 0.0637. The number of amides is 1. The van der Waals surface area contributed by atoms with Crippen LogP contribution in [0.5, 0.6) is 0 Å². The topological polar surface area (TPSA) is 20.3 Å². The van der Waals surface area contributed by atoms with Gasteiger partial charge in [0.05, 0.1) is 0 Å². The van der Waals surface area contributed by atoms with Crippen LogP contribution in [-0.2, 0) is 6.54 Å². The van der Waals surface area contributed by atoms with Gasteiger partial charge in [-0.15, -0.1) is 0 Å². The molecule has 0 fully saturated rings. The Morgan fingerprint density at radius 2 is 1.67 bits per heavy atom. The van der Waals surface area contributed by atoms with Gasteiger partial charge >= 0.3 is 0 Å². The van der Waals surface area contributed by atoms with Gasteiger partial charge in [-0.05, 0) is 24.3 Å². The molecule has 0 aliphatic heterocycles.